The van der Waals surface area contributed by atoms with E-state index in [0.29, 0.717) is 25.8 Å². The number of nitrogens with zero attached hydrogens (tertiary/aromatic N) is 12. The summed E-state index contributed by atoms with van der Waals surface area (Å²) >= 11 is 0. The molecule has 0 atom stereocenters. The normalized spacial score (nSPS) is 31.1. The average molecular weight is 1660 g/mol. The van der Waals surface area contributed by atoms with Crippen molar-refractivity contribution in [3.63, 3.8) is 0 Å². The molecule has 6 fully saturated rings. The van der Waals surface area contributed by atoms with Gasteiger partial charge in [-0.25, -0.2) is 0 Å². The molecule has 0 aromatic heterocycles. The van der Waals surface area contributed by atoms with Crippen molar-refractivity contribution in [3.8, 4) is 0 Å². The molecule has 0 unspecified atom stereocenters. The zero-order valence-electron chi connectivity index (χ0n) is 132. The highest BCUT2D eigenvalue weighted by Gasteiger charge is 2.32. The smallest absolute Gasteiger partial charge is 0.0626 e. The van der Waals surface area contributed by atoms with Crippen LogP contribution in [0.1, 0.15) is 193 Å². The highest BCUT2D eigenvalue weighted by atomic mass is 15.3. The highest BCUT2D eigenvalue weighted by Crippen LogP contribution is 2.36. The highest BCUT2D eigenvalue weighted by molar-refractivity contribution is 5.39. The summed E-state index contributed by atoms with van der Waals surface area (Å²) in [6, 6.07) is 18.8. The van der Waals surface area contributed by atoms with Crippen molar-refractivity contribution < 1.29 is 90.5 Å². The molecule has 6 aliphatic heterocycles. The van der Waals surface area contributed by atoms with Crippen LogP contribution in [-0.2, 0) is 0 Å². The minimum Gasteiger partial charge on any atom is -0.304 e. The molecule has 624 valence electrons. The maximum atomic E-state index is 9.47. The van der Waals surface area contributed by atoms with E-state index in [1.54, 1.807) is 65.6 Å². The van der Waals surface area contributed by atoms with Gasteiger partial charge < -0.3 is 29.4 Å². The topological polar surface area (TPSA) is 38.9 Å². The van der Waals surface area contributed by atoms with Crippen molar-refractivity contribution in [1.82, 2.24) is 58.8 Å². The Bertz CT molecular complexity index is 7780. The summed E-state index contributed by atoms with van der Waals surface area (Å²) in [7, 11) is 4.17. The monoisotopic (exact) mass is 1660 g/mol. The van der Waals surface area contributed by atoms with Crippen molar-refractivity contribution in [2.45, 2.75) is 36.2 Å². The summed E-state index contributed by atoms with van der Waals surface area (Å²) in [6.07, 6.45) is 0. The fourth-order valence-electron chi connectivity index (χ4n) is 12.7. The van der Waals surface area contributed by atoms with Crippen molar-refractivity contribution in [2.75, 3.05) is 199 Å². The van der Waals surface area contributed by atoms with Gasteiger partial charge in [0.25, 0.3) is 0 Å². The van der Waals surface area contributed by atoms with Crippen LogP contribution < -0.4 is 0 Å². The Morgan fingerprint density at radius 2 is 0.392 bits per heavy atom. The predicted octanol–water partition coefficient (Wildman–Crippen LogP) is 18.1. The molecule has 0 amide bonds. The maximum Gasteiger partial charge on any atom is 0.0626 e. The summed E-state index contributed by atoms with van der Waals surface area (Å²) in [4.78, 5) is 11.0. The largest absolute Gasteiger partial charge is 0.304 e. The van der Waals surface area contributed by atoms with Gasteiger partial charge >= 0.3 is 0 Å². The van der Waals surface area contributed by atoms with Crippen molar-refractivity contribution in [1.29, 1.82) is 0 Å². The summed E-state index contributed by atoms with van der Waals surface area (Å²) < 4.78 is 544. The van der Waals surface area contributed by atoms with Gasteiger partial charge in [0.05, 0.1) is 81.4 Å². The molecule has 0 bridgehead atoms. The van der Waals surface area contributed by atoms with Gasteiger partial charge in [0.2, 0.25) is 0 Å². The molecule has 12 aromatic carbocycles. The maximum absolute atomic E-state index is 9.47. The quantitative estimate of drug-likeness (QED) is 0.0822. The Hall–Kier alpha value is -9.84. The summed E-state index contributed by atoms with van der Waals surface area (Å²) in [5, 5.41) is 0. The Kier molecular flexibility index (Phi) is 14.6. The number of piperazine rings is 6. The minimum absolute atomic E-state index is 0.0804. The van der Waals surface area contributed by atoms with Gasteiger partial charge in [-0.1, -0.05) is 363 Å². The lowest BCUT2D eigenvalue weighted by atomic mass is 9.96. The van der Waals surface area contributed by atoms with Crippen molar-refractivity contribution in [2.24, 2.45) is 0 Å². The van der Waals surface area contributed by atoms with Crippen LogP contribution >= 0.6 is 0 Å². The van der Waals surface area contributed by atoms with Crippen LogP contribution in [0.5, 0.6) is 0 Å². The van der Waals surface area contributed by atoms with Crippen LogP contribution in [0.15, 0.2) is 363 Å². The van der Waals surface area contributed by atoms with Crippen LogP contribution in [0.3, 0.4) is 0 Å². The van der Waals surface area contributed by atoms with Gasteiger partial charge in [-0.2, -0.15) is 0 Å². The SMILES string of the molecule is [2H]C([2H])([2H])N1C([2H])([2H])CN(C(c2ccccc2)c2ccccc2)CC1([2H])[2H].[2H]C([2H])([2H])N1CC([2H])([2H])N(C([2H])(c2ccccc2)c2ccccc2)C([2H])([2H])C1.[2H]C1([2H])CN(C(c2ccccc2)c2ccccc2)CC([2H])([2H])N1C.[2H]c1c([2H])c([2H])c(C([2H])(c2c([2H])c([2H])c([2H])c([2H])c2[2H])N2C([2H])([2H])CN(C([2H])([2H])[2H])CC2([2H])[2H])c([2H])c1[2H].[2H]c1c([2H])c([2H])c(C([2H])(c2c([2H])c([2H])c([2H])c([2H])c2[2H])N2C([2H])([2H])CN(C)CC2([2H])[2H])c([2H])c1[2H].[2H]c1c([2H])c([2H])c(C(c2c([2H])c([2H])c([2H])c([2H])c2[2H])N2CC([2H])([2H])N(C)C([2H])([2H])C2)c([2H])c1[2H]. The van der Waals surface area contributed by atoms with E-state index >= 15 is 0 Å². The first-order chi connectivity index (χ1) is 85.0. The molecule has 0 saturated carbocycles. The zero-order valence-corrected chi connectivity index (χ0v) is 65.9. The van der Waals surface area contributed by atoms with E-state index in [9.17, 15) is 4.11 Å². The van der Waals surface area contributed by atoms with Crippen molar-refractivity contribution >= 4 is 0 Å². The molecule has 12 heteroatoms. The third kappa shape index (κ3) is 26.1. The van der Waals surface area contributed by atoms with E-state index < -0.39 is 390 Å². The summed E-state index contributed by atoms with van der Waals surface area (Å²) in [6.45, 7) is -43.2. The molecule has 120 heavy (non-hydrogen) atoms. The second kappa shape index (κ2) is 47.4. The Morgan fingerprint density at radius 3 is 0.625 bits per heavy atom. The fraction of sp³-hybridized carbons (Fsp3) is 0.333. The Balaban J connectivity index is 0.000000182. The minimum atomic E-state index is -3.38. The first-order valence-electron chi connectivity index (χ1n) is 70.9. The molecule has 6 saturated heterocycles. The van der Waals surface area contributed by atoms with Gasteiger partial charge in [-0.3, -0.25) is 29.4 Å². The molecule has 0 aliphatic carbocycles. The zero-order chi connectivity index (χ0) is 141. The van der Waals surface area contributed by atoms with E-state index in [0.717, 1.165) is 41.9 Å². The van der Waals surface area contributed by atoms with Crippen LogP contribution in [0.2, 0.25) is 0 Å². The second-order valence-electron chi connectivity index (χ2n) is 26.7. The molecule has 12 nitrogen and oxygen atoms in total. The van der Waals surface area contributed by atoms with Crippen LogP contribution in [-0.4, -0.2) is 257 Å². The average Bonchev–Trinajstić information content (AvgIpc) is 0.683. The van der Waals surface area contributed by atoms with Gasteiger partial charge in [0, 0.05) is 202 Å². The lowest BCUT2D eigenvalue weighted by Crippen LogP contribution is -2.46. The van der Waals surface area contributed by atoms with Crippen LogP contribution in [0.25, 0.3) is 0 Å². The third-order valence-corrected chi connectivity index (χ3v) is 18.4. The molecule has 6 heterocycles. The van der Waals surface area contributed by atoms with Crippen molar-refractivity contribution in [3.05, 3.63) is 430 Å². The van der Waals surface area contributed by atoms with Gasteiger partial charge in [0.15, 0.2) is 0 Å². The first-order valence-corrected chi connectivity index (χ1v) is 37.9. The van der Waals surface area contributed by atoms with Gasteiger partial charge in [0.1, 0.15) is 0 Å². The fourth-order valence-corrected chi connectivity index (χ4v) is 12.7. The number of benzene rings is 12. The molecular weight excluding hydrogens is 1470 g/mol. The lowest BCUT2D eigenvalue weighted by molar-refractivity contribution is 0.127. The Morgan fingerprint density at radius 1 is 0.200 bits per heavy atom. The van der Waals surface area contributed by atoms with E-state index in [1.807, 2.05) is 126 Å². The van der Waals surface area contributed by atoms with Crippen LogP contribution in [0.4, 0.5) is 0 Å². The molecule has 0 N–H and O–H groups in total. The number of hydrogen-bond acceptors (Lipinski definition) is 12. The number of rotatable bonds is 18. The summed E-state index contributed by atoms with van der Waals surface area (Å²) in [5.74, 6) is 0. The lowest BCUT2D eigenvalue weighted by Gasteiger charge is -2.38. The predicted molar refractivity (Wildman–Crippen MR) is 503 cm³/mol. The molecule has 18 rings (SSSR count). The third-order valence-electron chi connectivity index (χ3n) is 18.4. The van der Waals surface area contributed by atoms with E-state index in [1.165, 1.54) is 30.9 Å². The van der Waals surface area contributed by atoms with E-state index in [4.69, 9.17) is 86.4 Å². The molecule has 6 aliphatic rings. The van der Waals surface area contributed by atoms with Gasteiger partial charge in [-0.05, 0) is 109 Å². The molecule has 0 radical (unpaired) electrons. The standard InChI is InChI=1S/6C18H22N2/c6*1-19-12-14-20(15-13-19)18(16-8-4-2-5-9-16)17-10-6-3-7-11-17/h6*2-11,18H,12-15H2,1H3/i1D3,2D,3D,4D,5D,6D,7D,8D,9D,10D,11D,14D2,15D2,18D;2D,3D,4D,5D,6D,7D,8D,9D,10D,11D,14D2,15D2,18D;2D,3D,4D,5D,6D,7D,8D,9D,10D,11D,12D2,13D2;1D3,14D2,15D2,18D;1D3,12D2,13D2;12D2,13D2. The summed E-state index contributed by atoms with van der Waals surface area (Å²) in [5.41, 5.74) is -0.184. The van der Waals surface area contributed by atoms with Crippen LogP contribution in [0, 0.1) is 0 Å². The van der Waals surface area contributed by atoms with E-state index in [2.05, 4.69) is 0 Å². The number of likely N-dealkylation sites (N-methyl/N-ethyl adjacent to an activating group) is 6. The molecule has 0 spiro atoms. The van der Waals surface area contributed by atoms with Gasteiger partial charge in [-0.15, -0.1) is 0 Å². The Labute approximate surface area is 813 Å². The molecule has 12 aromatic rings. The first kappa shape index (κ1) is 37.1. The molecular formula is C108H132N12. The number of hydrogen-bond donors (Lipinski definition) is 0. The van der Waals surface area contributed by atoms with E-state index in [-0.39, 0.29) is 43.2 Å². The second-order valence-corrected chi connectivity index (χ2v) is 26.7.